The Morgan fingerprint density at radius 3 is 2.59 bits per heavy atom. The van der Waals surface area contributed by atoms with Gasteiger partial charge in [0.1, 0.15) is 14.4 Å². The summed E-state index contributed by atoms with van der Waals surface area (Å²) < 4.78 is 42.9. The molecule has 0 radical (unpaired) electrons. The minimum atomic E-state index is -4.20. The van der Waals surface area contributed by atoms with Crippen LogP contribution in [0.5, 0.6) is 0 Å². The van der Waals surface area contributed by atoms with Gasteiger partial charge in [0.25, 0.3) is 10.0 Å². The first-order valence-corrected chi connectivity index (χ1v) is 13.5. The average molecular weight is 584 g/mol. The molecule has 0 bridgehead atoms. The number of sulfonamides is 1. The second kappa shape index (κ2) is 10.0. The van der Waals surface area contributed by atoms with Gasteiger partial charge in [-0.05, 0) is 42.2 Å². The number of halogens is 5. The van der Waals surface area contributed by atoms with Gasteiger partial charge in [-0.25, -0.2) is 22.3 Å². The Hall–Kier alpha value is -1.82. The standard InChI is InChI=1S/C20H15Cl4FN4O3S2/c21-12-3-1-11(14(22)5-12)9-29-18-10(7-27-29)2-4-13(18)16(25)8-26-20(30)28-34(31,32)17-6-15(23)19(24)33-17/h1,3,5-7H,2,4,8-9H2,(H2,26,28,30)/b16-13-. The van der Waals surface area contributed by atoms with E-state index in [1.54, 1.807) is 29.1 Å². The molecule has 0 saturated carbocycles. The smallest absolute Gasteiger partial charge is 0.329 e. The van der Waals surface area contributed by atoms with Crippen molar-refractivity contribution in [3.8, 4) is 0 Å². The molecule has 2 amide bonds. The Morgan fingerprint density at radius 2 is 1.91 bits per heavy atom. The zero-order valence-electron chi connectivity index (χ0n) is 17.0. The third-order valence-corrected chi connectivity index (χ3v) is 9.28. The molecule has 0 aliphatic heterocycles. The van der Waals surface area contributed by atoms with Gasteiger partial charge >= 0.3 is 6.03 Å². The maximum Gasteiger partial charge on any atom is 0.329 e. The van der Waals surface area contributed by atoms with E-state index in [0.29, 0.717) is 52.0 Å². The number of hydrogen-bond donors (Lipinski definition) is 2. The van der Waals surface area contributed by atoms with E-state index in [-0.39, 0.29) is 13.6 Å². The maximum absolute atomic E-state index is 15.1. The molecule has 0 atom stereocenters. The number of nitrogens with zero attached hydrogens (tertiary/aromatic N) is 2. The normalized spacial score (nSPS) is 14.7. The zero-order valence-corrected chi connectivity index (χ0v) is 21.7. The van der Waals surface area contributed by atoms with Crippen molar-refractivity contribution < 1.29 is 17.6 Å². The quantitative estimate of drug-likeness (QED) is 0.376. The van der Waals surface area contributed by atoms with E-state index >= 15 is 4.39 Å². The summed E-state index contributed by atoms with van der Waals surface area (Å²) in [5.41, 5.74) is 2.63. The van der Waals surface area contributed by atoms with Crippen LogP contribution in [-0.2, 0) is 23.0 Å². The van der Waals surface area contributed by atoms with E-state index in [2.05, 4.69) is 10.4 Å². The van der Waals surface area contributed by atoms with Crippen LogP contribution >= 0.6 is 57.7 Å². The topological polar surface area (TPSA) is 93.1 Å². The predicted octanol–water partition coefficient (Wildman–Crippen LogP) is 5.92. The molecule has 1 aliphatic carbocycles. The second-order valence-corrected chi connectivity index (χ2v) is 12.1. The third kappa shape index (κ3) is 5.37. The van der Waals surface area contributed by atoms with Crippen LogP contribution < -0.4 is 10.0 Å². The van der Waals surface area contributed by atoms with Crippen LogP contribution in [0.1, 0.15) is 23.2 Å². The number of allylic oxidation sites excluding steroid dienone is 1. The molecule has 3 aromatic rings. The van der Waals surface area contributed by atoms with E-state index in [1.807, 2.05) is 4.72 Å². The van der Waals surface area contributed by atoms with Gasteiger partial charge in [0, 0.05) is 15.6 Å². The molecular formula is C20H15Cl4FN4O3S2. The summed E-state index contributed by atoms with van der Waals surface area (Å²) >= 11 is 24.5. The maximum atomic E-state index is 15.1. The van der Waals surface area contributed by atoms with E-state index in [9.17, 15) is 13.2 Å². The van der Waals surface area contributed by atoms with E-state index in [1.165, 1.54) is 0 Å². The molecule has 2 heterocycles. The molecule has 0 fully saturated rings. The fraction of sp³-hybridized carbons (Fsp3) is 0.200. The molecule has 0 saturated heterocycles. The molecule has 2 N–H and O–H groups in total. The summed E-state index contributed by atoms with van der Waals surface area (Å²) in [6, 6.07) is 5.14. The zero-order chi connectivity index (χ0) is 24.6. The van der Waals surface area contributed by atoms with Crippen molar-refractivity contribution >= 4 is 79.4 Å². The van der Waals surface area contributed by atoms with Crippen molar-refractivity contribution in [3.63, 3.8) is 0 Å². The van der Waals surface area contributed by atoms with Gasteiger partial charge in [-0.15, -0.1) is 11.3 Å². The van der Waals surface area contributed by atoms with E-state index in [0.717, 1.165) is 17.2 Å². The van der Waals surface area contributed by atoms with Crippen LogP contribution in [0.4, 0.5) is 9.18 Å². The number of aryl methyl sites for hydroxylation is 1. The Bertz CT molecular complexity index is 1400. The number of hydrogen-bond acceptors (Lipinski definition) is 5. The molecule has 4 rings (SSSR count). The number of carbonyl (C=O) groups excluding carboxylic acids is 1. The third-order valence-electron chi connectivity index (χ3n) is 5.03. The van der Waals surface area contributed by atoms with Gasteiger partial charge in [0.2, 0.25) is 0 Å². The number of benzene rings is 1. The summed E-state index contributed by atoms with van der Waals surface area (Å²) in [6.45, 7) is -0.199. The van der Waals surface area contributed by atoms with Crippen LogP contribution in [0.2, 0.25) is 19.4 Å². The molecule has 0 unspecified atom stereocenters. The molecule has 1 aliphatic rings. The van der Waals surface area contributed by atoms with Gasteiger partial charge < -0.3 is 5.32 Å². The molecule has 14 heteroatoms. The largest absolute Gasteiger partial charge is 0.331 e. The van der Waals surface area contributed by atoms with Crippen LogP contribution in [0, 0.1) is 0 Å². The number of amides is 2. The Kier molecular flexibility index (Phi) is 7.47. The van der Waals surface area contributed by atoms with Crippen LogP contribution in [0.25, 0.3) is 5.57 Å². The lowest BCUT2D eigenvalue weighted by Gasteiger charge is -2.11. The fourth-order valence-corrected chi connectivity index (χ4v) is 6.74. The SMILES string of the molecule is O=C(NC/C(F)=C1\CCc2cnn(Cc3ccc(Cl)cc3Cl)c21)NS(=O)(=O)c1cc(Cl)c(Cl)s1. The van der Waals surface area contributed by atoms with Crippen LogP contribution in [0.3, 0.4) is 0 Å². The Labute approximate surface area is 218 Å². The highest BCUT2D eigenvalue weighted by molar-refractivity contribution is 7.92. The number of thiophene rings is 1. The van der Waals surface area contributed by atoms with Crippen molar-refractivity contribution in [2.75, 3.05) is 6.54 Å². The summed E-state index contributed by atoms with van der Waals surface area (Å²) in [5, 5.41) is 7.59. The van der Waals surface area contributed by atoms with Gasteiger partial charge in [-0.1, -0.05) is 52.5 Å². The van der Waals surface area contributed by atoms with Crippen molar-refractivity contribution in [2.24, 2.45) is 0 Å². The molecule has 34 heavy (non-hydrogen) atoms. The lowest BCUT2D eigenvalue weighted by Crippen LogP contribution is -2.39. The van der Waals surface area contributed by atoms with Gasteiger partial charge in [-0.3, -0.25) is 4.68 Å². The van der Waals surface area contributed by atoms with Gasteiger partial charge in [0.05, 0.1) is 30.0 Å². The van der Waals surface area contributed by atoms with Crippen LogP contribution in [0.15, 0.2) is 40.5 Å². The second-order valence-electron chi connectivity index (χ2n) is 7.27. The number of nitrogens with one attached hydrogen (secondary N) is 2. The average Bonchev–Trinajstić information content (AvgIpc) is 3.45. The van der Waals surface area contributed by atoms with E-state index < -0.39 is 28.4 Å². The molecular weight excluding hydrogens is 569 g/mol. The van der Waals surface area contributed by atoms with Crippen molar-refractivity contribution in [1.29, 1.82) is 0 Å². The molecule has 1 aromatic carbocycles. The number of carbonyl (C=O) groups is 1. The number of fused-ring (bicyclic) bond motifs is 1. The lowest BCUT2D eigenvalue weighted by atomic mass is 10.1. The first kappa shape index (κ1) is 25.3. The van der Waals surface area contributed by atoms with E-state index in [4.69, 9.17) is 46.4 Å². The highest BCUT2D eigenvalue weighted by atomic mass is 35.5. The molecule has 180 valence electrons. The summed E-state index contributed by atoms with van der Waals surface area (Å²) in [6.07, 6.45) is 2.68. The summed E-state index contributed by atoms with van der Waals surface area (Å²) in [7, 11) is -4.20. The first-order chi connectivity index (χ1) is 16.0. The Morgan fingerprint density at radius 1 is 1.15 bits per heavy atom. The monoisotopic (exact) mass is 582 g/mol. The summed E-state index contributed by atoms with van der Waals surface area (Å²) in [4.78, 5) is 12.1. The van der Waals surface area contributed by atoms with Crippen LogP contribution in [-0.4, -0.2) is 30.8 Å². The van der Waals surface area contributed by atoms with Crippen molar-refractivity contribution in [3.05, 3.63) is 72.5 Å². The minimum Gasteiger partial charge on any atom is -0.331 e. The van der Waals surface area contributed by atoms with Gasteiger partial charge in [0.15, 0.2) is 0 Å². The molecule has 7 nitrogen and oxygen atoms in total. The lowest BCUT2D eigenvalue weighted by molar-refractivity contribution is 0.246. The fourth-order valence-electron chi connectivity index (χ4n) is 3.46. The highest BCUT2D eigenvalue weighted by Gasteiger charge is 2.26. The minimum absolute atomic E-state index is 0.0526. The van der Waals surface area contributed by atoms with Crippen molar-refractivity contribution in [1.82, 2.24) is 19.8 Å². The van der Waals surface area contributed by atoms with Gasteiger partial charge in [-0.2, -0.15) is 5.10 Å². The molecule has 0 spiro atoms. The summed E-state index contributed by atoms with van der Waals surface area (Å²) in [5.74, 6) is -0.600. The number of urea groups is 1. The predicted molar refractivity (Wildman–Crippen MR) is 132 cm³/mol. The first-order valence-electron chi connectivity index (χ1n) is 9.67. The number of aromatic nitrogens is 2. The van der Waals surface area contributed by atoms with Crippen molar-refractivity contribution in [2.45, 2.75) is 23.6 Å². The number of rotatable bonds is 6. The highest BCUT2D eigenvalue weighted by Crippen LogP contribution is 2.36. The molecule has 2 aromatic heterocycles. The Balaban J connectivity index is 1.47.